The molecule has 1 atom stereocenters. The van der Waals surface area contributed by atoms with Gasteiger partial charge in [0.15, 0.2) is 0 Å². The fourth-order valence-corrected chi connectivity index (χ4v) is 9.53. The lowest BCUT2D eigenvalue weighted by Crippen LogP contribution is -2.54. The molecule has 0 bridgehead atoms. The topological polar surface area (TPSA) is 147 Å². The van der Waals surface area contributed by atoms with Crippen LogP contribution in [0.5, 0.6) is 5.75 Å². The van der Waals surface area contributed by atoms with E-state index < -0.39 is 41.4 Å². The molecule has 4 fully saturated rings. The number of carbonyl (C=O) groups is 4. The van der Waals surface area contributed by atoms with E-state index in [4.69, 9.17) is 9.73 Å². The molecule has 3 N–H and O–H groups in total. The highest BCUT2D eigenvalue weighted by Gasteiger charge is 2.45. The van der Waals surface area contributed by atoms with Crippen LogP contribution in [0.2, 0.25) is 0 Å². The molecule has 3 aromatic carbocycles. The Hall–Kier alpha value is -5.16. The van der Waals surface area contributed by atoms with Gasteiger partial charge in [-0.2, -0.15) is 13.2 Å². The zero-order chi connectivity index (χ0) is 44.1. The third kappa shape index (κ3) is 11.0. The van der Waals surface area contributed by atoms with E-state index in [0.717, 1.165) is 126 Å². The molecule has 1 unspecified atom stereocenters. The first-order valence-electron chi connectivity index (χ1n) is 22.3. The number of hydrogen-bond donors (Lipinski definition) is 3. The quantitative estimate of drug-likeness (QED) is 0.136. The number of nitrogens with one attached hydrogen (secondary N) is 2. The van der Waals surface area contributed by atoms with Gasteiger partial charge in [0.25, 0.3) is 11.8 Å². The van der Waals surface area contributed by atoms with Crippen molar-refractivity contribution in [3.05, 3.63) is 88.5 Å². The first-order valence-corrected chi connectivity index (χ1v) is 22.3. The van der Waals surface area contributed by atoms with Crippen LogP contribution in [-0.2, 0) is 22.3 Å². The van der Waals surface area contributed by atoms with E-state index in [1.807, 2.05) is 12.1 Å². The number of likely N-dealkylation sites (tertiary alicyclic amines) is 1. The Morgan fingerprint density at radius 2 is 1.54 bits per heavy atom. The van der Waals surface area contributed by atoms with Crippen LogP contribution in [-0.4, -0.2) is 132 Å². The van der Waals surface area contributed by atoms with Crippen LogP contribution in [0.3, 0.4) is 0 Å². The maximum absolute atomic E-state index is 13.4. The Balaban J connectivity index is 0.781. The largest absolute Gasteiger partial charge is 0.492 e. The van der Waals surface area contributed by atoms with Crippen molar-refractivity contribution < 1.29 is 42.2 Å². The summed E-state index contributed by atoms with van der Waals surface area (Å²) in [7, 11) is 0. The van der Waals surface area contributed by atoms with Crippen molar-refractivity contribution in [3.63, 3.8) is 0 Å². The molecule has 4 aliphatic heterocycles. The van der Waals surface area contributed by atoms with Gasteiger partial charge >= 0.3 is 6.18 Å². The minimum Gasteiger partial charge on any atom is -0.492 e. The maximum atomic E-state index is 13.4. The molecule has 1 aliphatic carbocycles. The molecule has 3 aromatic rings. The van der Waals surface area contributed by atoms with E-state index in [2.05, 4.69) is 31.4 Å². The van der Waals surface area contributed by atoms with Gasteiger partial charge in [-0.1, -0.05) is 18.2 Å². The minimum absolute atomic E-state index is 0.0685. The van der Waals surface area contributed by atoms with E-state index in [0.29, 0.717) is 35.4 Å². The Labute approximate surface area is 365 Å². The van der Waals surface area contributed by atoms with Crippen LogP contribution in [0.4, 0.5) is 24.5 Å². The number of piperidine rings is 2. The van der Waals surface area contributed by atoms with Gasteiger partial charge in [0.1, 0.15) is 18.4 Å². The molecule has 4 amide bonds. The summed E-state index contributed by atoms with van der Waals surface area (Å²) in [6.07, 6.45) is 3.21. The normalized spacial score (nSPS) is 23.4. The predicted molar refractivity (Wildman–Crippen MR) is 231 cm³/mol. The van der Waals surface area contributed by atoms with Crippen LogP contribution in [0.1, 0.15) is 88.8 Å². The van der Waals surface area contributed by atoms with Crippen molar-refractivity contribution in [1.82, 2.24) is 24.9 Å². The van der Waals surface area contributed by atoms with Crippen LogP contribution >= 0.6 is 0 Å². The van der Waals surface area contributed by atoms with Gasteiger partial charge in [0.2, 0.25) is 11.8 Å². The zero-order valence-electron chi connectivity index (χ0n) is 35.5. The number of ether oxygens (including phenoxy) is 1. The molecule has 13 nitrogen and oxygen atoms in total. The average molecular weight is 872 g/mol. The SMILES string of the molecule is O=C1CCC(N2C(=O)c3ccc(OCCN4CCC(CN5CCN(Cc6ccc(NC7CCC(CO)CC7)c(N=Cc7cccc(C(F)(F)F)c7)c6)CC5)CC4)cc3C2=O)C(=O)N1. The number of benzene rings is 3. The predicted octanol–water partition coefficient (Wildman–Crippen LogP) is 5.73. The summed E-state index contributed by atoms with van der Waals surface area (Å²) in [4.78, 5) is 63.2. The monoisotopic (exact) mass is 871 g/mol. The van der Waals surface area contributed by atoms with Crippen molar-refractivity contribution in [3.8, 4) is 5.75 Å². The summed E-state index contributed by atoms with van der Waals surface area (Å²) in [5.74, 6) is -0.718. The summed E-state index contributed by atoms with van der Waals surface area (Å²) in [6.45, 7) is 8.95. The molecule has 5 aliphatic rings. The Morgan fingerprint density at radius 1 is 0.794 bits per heavy atom. The Kier molecular flexibility index (Phi) is 13.9. The number of hydrogen-bond acceptors (Lipinski definition) is 11. The molecule has 336 valence electrons. The number of halogens is 3. The summed E-state index contributed by atoms with van der Waals surface area (Å²) in [5.41, 5.74) is 2.76. The number of imide groups is 2. The highest BCUT2D eigenvalue weighted by molar-refractivity contribution is 6.23. The molecule has 0 radical (unpaired) electrons. The fourth-order valence-electron chi connectivity index (χ4n) is 9.53. The number of nitrogens with zero attached hydrogens (tertiary/aromatic N) is 5. The second-order valence-corrected chi connectivity index (χ2v) is 17.6. The van der Waals surface area contributed by atoms with Crippen LogP contribution in [0, 0.1) is 11.8 Å². The van der Waals surface area contributed by atoms with Crippen LogP contribution in [0.15, 0.2) is 65.7 Å². The standard InChI is InChI=1S/C47H56F3N7O6/c48-47(49,50)35-3-1-2-33(24-35)27-51-41-25-34(6-11-40(41)52-36-7-4-32(30-58)5-8-36)29-56-20-18-55(19-21-56)28-31-14-16-54(17-15-31)22-23-63-37-9-10-38-39(26-37)46(62)57(45(38)61)42-12-13-43(59)53-44(42)60/h1-3,6,9-11,24-27,31-32,36,42,52,58H,4-5,7-8,12-23,28-30H2,(H,53,59,60). The fraction of sp³-hybridized carbons (Fsp3) is 0.511. The highest BCUT2D eigenvalue weighted by Crippen LogP contribution is 2.34. The maximum Gasteiger partial charge on any atom is 0.416 e. The van der Waals surface area contributed by atoms with Gasteiger partial charge in [0.05, 0.1) is 28.1 Å². The number of aliphatic hydroxyl groups is 1. The average Bonchev–Trinajstić information content (AvgIpc) is 3.52. The number of aliphatic hydroxyl groups excluding tert-OH is 1. The summed E-state index contributed by atoms with van der Waals surface area (Å²) < 4.78 is 46.2. The number of fused-ring (bicyclic) bond motifs is 1. The van der Waals surface area contributed by atoms with Crippen molar-refractivity contribution >= 4 is 41.2 Å². The molecule has 8 rings (SSSR count). The van der Waals surface area contributed by atoms with Crippen molar-refractivity contribution in [2.24, 2.45) is 16.8 Å². The van der Waals surface area contributed by atoms with Gasteiger partial charge in [0, 0.05) is 71.1 Å². The lowest BCUT2D eigenvalue weighted by Gasteiger charge is -2.39. The molecule has 63 heavy (non-hydrogen) atoms. The smallest absolute Gasteiger partial charge is 0.416 e. The number of alkyl halides is 3. The van der Waals surface area contributed by atoms with Gasteiger partial charge < -0.3 is 20.1 Å². The van der Waals surface area contributed by atoms with E-state index >= 15 is 0 Å². The first-order chi connectivity index (χ1) is 30.4. The second kappa shape index (κ2) is 19.7. The molecular formula is C47H56F3N7O6. The summed E-state index contributed by atoms with van der Waals surface area (Å²) in [6, 6.07) is 15.4. The van der Waals surface area contributed by atoms with Gasteiger partial charge in [-0.15, -0.1) is 0 Å². The van der Waals surface area contributed by atoms with E-state index in [-0.39, 0.29) is 36.6 Å². The molecule has 3 saturated heterocycles. The van der Waals surface area contributed by atoms with Gasteiger partial charge in [-0.25, -0.2) is 0 Å². The molecule has 0 spiro atoms. The highest BCUT2D eigenvalue weighted by atomic mass is 19.4. The lowest BCUT2D eigenvalue weighted by molar-refractivity contribution is -0.138. The number of aliphatic imine (C=N–C) groups is 1. The van der Waals surface area contributed by atoms with Crippen molar-refractivity contribution in [2.75, 3.05) is 70.9 Å². The second-order valence-electron chi connectivity index (χ2n) is 17.6. The van der Waals surface area contributed by atoms with E-state index in [9.17, 15) is 37.5 Å². The third-order valence-electron chi connectivity index (χ3n) is 13.3. The van der Waals surface area contributed by atoms with Gasteiger partial charge in [-0.3, -0.25) is 44.2 Å². The van der Waals surface area contributed by atoms with Crippen LogP contribution in [0.25, 0.3) is 0 Å². The molecule has 1 saturated carbocycles. The zero-order valence-corrected chi connectivity index (χ0v) is 35.5. The molecule has 16 heteroatoms. The first kappa shape index (κ1) is 44.4. The Morgan fingerprint density at radius 3 is 2.27 bits per heavy atom. The number of anilines is 1. The Bertz CT molecular complexity index is 2180. The number of rotatable bonds is 14. The minimum atomic E-state index is -4.43. The van der Waals surface area contributed by atoms with Crippen LogP contribution < -0.4 is 15.4 Å². The lowest BCUT2D eigenvalue weighted by atomic mass is 9.86. The van der Waals surface area contributed by atoms with E-state index in [1.54, 1.807) is 24.3 Å². The van der Waals surface area contributed by atoms with Crippen molar-refractivity contribution in [1.29, 1.82) is 0 Å². The molecular weight excluding hydrogens is 816 g/mol. The number of carbonyl (C=O) groups excluding carboxylic acids is 4. The molecule has 4 heterocycles. The summed E-state index contributed by atoms with van der Waals surface area (Å²) >= 11 is 0. The summed E-state index contributed by atoms with van der Waals surface area (Å²) in [5, 5.41) is 15.4. The van der Waals surface area contributed by atoms with Gasteiger partial charge in [-0.05, 0) is 123 Å². The third-order valence-corrected chi connectivity index (χ3v) is 13.3. The van der Waals surface area contributed by atoms with E-state index in [1.165, 1.54) is 12.3 Å². The molecule has 0 aromatic heterocycles. The number of piperazine rings is 1. The van der Waals surface area contributed by atoms with Crippen molar-refractivity contribution in [2.45, 2.75) is 76.2 Å². The number of amides is 4.